The molecule has 1 aromatic heterocycles. The number of Topliss-reactive ketones (excluding diaryl/α,β-unsaturated/α-hetero) is 5. The van der Waals surface area contributed by atoms with E-state index >= 15 is 24.0 Å². The van der Waals surface area contributed by atoms with Crippen LogP contribution < -0.4 is 38.5 Å². The number of aromatic amines is 1. The quantitative estimate of drug-likeness (QED) is 0.0118. The number of likely N-dealkylation sites (N-methyl/N-ethyl adjacent to an activating group) is 1. The third kappa shape index (κ3) is 26.1. The third-order valence-electron chi connectivity index (χ3n) is 25.2. The summed E-state index contributed by atoms with van der Waals surface area (Å²) in [5.74, 6) is -8.26. The second-order valence-electron chi connectivity index (χ2n) is 34.3. The molecule has 120 heavy (non-hydrogen) atoms. The number of guanidine groups is 1. The van der Waals surface area contributed by atoms with Crippen LogP contribution in [0.25, 0.3) is 16.5 Å². The van der Waals surface area contributed by atoms with Crippen LogP contribution in [0.5, 0.6) is 5.75 Å². The van der Waals surface area contributed by atoms with Crippen LogP contribution in [0.1, 0.15) is 186 Å². The zero-order valence-electron chi connectivity index (χ0n) is 70.0. The fourth-order valence-electron chi connectivity index (χ4n) is 18.6. The lowest BCUT2D eigenvalue weighted by Crippen LogP contribution is -2.51. The fraction of sp³-hybridized carbons (Fsp3) is 0.485. The number of hydrogen-bond acceptors (Lipinski definition) is 15. The molecule has 7 aromatic rings. The van der Waals surface area contributed by atoms with Gasteiger partial charge in [-0.25, -0.2) is 4.39 Å². The molecule has 0 saturated carbocycles. The molecule has 4 aliphatic rings. The summed E-state index contributed by atoms with van der Waals surface area (Å²) in [4.78, 5) is 148. The molecule has 11 rings (SSSR count). The van der Waals surface area contributed by atoms with Crippen molar-refractivity contribution in [2.45, 2.75) is 217 Å². The number of rotatable bonds is 29. The summed E-state index contributed by atoms with van der Waals surface area (Å²) < 4.78 is 14.5. The van der Waals surface area contributed by atoms with Crippen molar-refractivity contribution in [3.8, 4) is 5.75 Å². The Morgan fingerprint density at radius 2 is 1.27 bits per heavy atom. The van der Waals surface area contributed by atoms with Gasteiger partial charge in [-0.1, -0.05) is 153 Å². The topological polar surface area (TPSA) is 355 Å². The van der Waals surface area contributed by atoms with Crippen LogP contribution in [0.4, 0.5) is 4.39 Å². The second-order valence-corrected chi connectivity index (χ2v) is 34.3. The molecule has 640 valence electrons. The van der Waals surface area contributed by atoms with Crippen LogP contribution >= 0.6 is 0 Å². The smallest absolute Gasteiger partial charge is 0.224 e. The number of piperidine rings is 1. The molecule has 3 heterocycles. The minimum Gasteiger partial charge on any atom is -0.508 e. The zero-order chi connectivity index (χ0) is 85.2. The lowest BCUT2D eigenvalue weighted by atomic mass is 9.70. The second kappa shape index (κ2) is 44.8. The van der Waals surface area contributed by atoms with Crippen molar-refractivity contribution in [1.29, 1.82) is 0 Å². The Morgan fingerprint density at radius 1 is 0.642 bits per heavy atom. The molecule has 23 heteroatoms. The molecule has 0 unspecified atom stereocenters. The molecule has 2 saturated heterocycles. The first-order valence-electron chi connectivity index (χ1n) is 43.6. The Kier molecular flexibility index (Phi) is 33.8. The lowest BCUT2D eigenvalue weighted by Gasteiger charge is -2.47. The van der Waals surface area contributed by atoms with E-state index in [2.05, 4.69) is 67.5 Å². The van der Waals surface area contributed by atoms with Crippen LogP contribution in [-0.4, -0.2) is 166 Å². The molecular formula is C97H124FN11O11. The standard InChI is InChI=1S/C97H124FN11O11/c1-62(110)93-91(117)56-74(48-67-34-40-77(98)41-35-67)87(113)33-12-6-11-32-83(103-58-68(47-66-36-42-78(112)43-37-66)25-16-18-46-109(63(2)111)61-69-50-81-80-30-19-27-70-38-39-71(92(70)80)53-86(81)108(3)60-69)88(114)54-73(28-20-45-102-97(100)101)94(118)105-84(51-65-23-9-5-10-24-65)90(116)57-75(49-64-21-7-4-8-22-64)96(120)106-85(52-76-59-104-82-31-14-13-29-79(76)82)89(115)55-72(95(119)107-93)26-15-17-44-99/h4-5,7-10,13-14,19,21-24,27,29-31,34-37,39-43,59,62,68-69,72-75,81,83-86,93,103-104,110,112H,6,11-12,15-18,20,25-26,28,32-33,38,44-58,60-61,99H2,1-3H3,(H,105,118)(H,106,120)(H,107,119)(H4,100,101,102)/t62-,68-,69-,72-,73-,74-,75-,81-,83-,84+,85-,86-,93+/m1/s1. The summed E-state index contributed by atoms with van der Waals surface area (Å²) in [5.41, 5.74) is 27.9. The number of allylic oxidation sites excluding steroid dienone is 1. The van der Waals surface area contributed by atoms with E-state index in [-0.39, 0.29) is 118 Å². The largest absolute Gasteiger partial charge is 0.508 e. The Hall–Kier alpha value is -10.3. The predicted molar refractivity (Wildman–Crippen MR) is 466 cm³/mol. The molecule has 4 amide bonds. The average Bonchev–Trinajstić information content (AvgIpc) is 1.49. The van der Waals surface area contributed by atoms with Gasteiger partial charge in [0.25, 0.3) is 0 Å². The molecule has 2 aliphatic heterocycles. The number of benzene rings is 6. The maximum atomic E-state index is 15.7. The average molecular weight is 1640 g/mol. The SMILES string of the molecule is CC(=O)N(CCCC[C@@H](CN[C@@H]1CCCCCC(=O)[C@H](Cc2ccc(F)cc2)CC(=O)[C@H]([C@@H](C)O)NC(=O)[C@H](CCCCN)CC(=O)[C@@H](Cc2c[nH]c3ccccc23)NC(=O)[C@H](Cc2ccccc2)CC(=O)[C@H](Cc2ccccc2)NC(=O)[C@H](CCCN=C(N)N)CC1=O)Cc1ccc(O)cc1)C[C@@H]1C[C@@H]2c3cccc4c3C(=CC4)C[C@H]2N(C)C1. The number of aromatic hydroxyl groups is 1. The van der Waals surface area contributed by atoms with Crippen LogP contribution in [0.3, 0.4) is 0 Å². The highest BCUT2D eigenvalue weighted by Gasteiger charge is 2.43. The van der Waals surface area contributed by atoms with Crippen molar-refractivity contribution in [2.75, 3.05) is 46.3 Å². The predicted octanol–water partition coefficient (Wildman–Crippen LogP) is 11.4. The van der Waals surface area contributed by atoms with Crippen molar-refractivity contribution in [2.24, 2.45) is 57.7 Å². The summed E-state index contributed by atoms with van der Waals surface area (Å²) in [7, 11) is 2.23. The molecule has 13 atom stereocenters. The number of carbonyl (C=O) groups is 9. The maximum Gasteiger partial charge on any atom is 0.224 e. The van der Waals surface area contributed by atoms with Crippen molar-refractivity contribution >= 4 is 75.0 Å². The van der Waals surface area contributed by atoms with Crippen LogP contribution in [0.15, 0.2) is 169 Å². The van der Waals surface area contributed by atoms with Gasteiger partial charge >= 0.3 is 0 Å². The number of aliphatic hydroxyl groups is 1. The number of nitrogens with two attached hydrogens (primary N) is 3. The molecule has 0 bridgehead atoms. The normalized spacial score (nSPS) is 23.4. The Balaban J connectivity index is 0.901. The number of aromatic nitrogens is 1. The van der Waals surface area contributed by atoms with Crippen LogP contribution in [-0.2, 0) is 81.7 Å². The number of H-pyrrole nitrogens is 1. The molecule has 0 radical (unpaired) electrons. The number of phenols is 1. The van der Waals surface area contributed by atoms with Crippen molar-refractivity contribution < 1.29 is 57.8 Å². The number of halogens is 1. The van der Waals surface area contributed by atoms with E-state index in [4.69, 9.17) is 17.2 Å². The summed E-state index contributed by atoms with van der Waals surface area (Å²) in [6.45, 7) is 5.91. The highest BCUT2D eigenvalue weighted by molar-refractivity contribution is 5.99. The van der Waals surface area contributed by atoms with Gasteiger partial charge in [0.15, 0.2) is 29.1 Å². The summed E-state index contributed by atoms with van der Waals surface area (Å²) in [6, 6.07) is 40.8. The van der Waals surface area contributed by atoms with Crippen molar-refractivity contribution in [1.82, 2.24) is 36.1 Å². The number of likely N-dealkylation sites (tertiary alicyclic amines) is 1. The van der Waals surface area contributed by atoms with E-state index in [1.807, 2.05) is 102 Å². The van der Waals surface area contributed by atoms with Crippen LogP contribution in [0.2, 0.25) is 0 Å². The number of hydrogen-bond donors (Lipinski definition) is 10. The maximum absolute atomic E-state index is 15.7. The van der Waals surface area contributed by atoms with Gasteiger partial charge in [0.1, 0.15) is 23.4 Å². The van der Waals surface area contributed by atoms with E-state index in [1.54, 1.807) is 37.4 Å². The number of ketones is 5. The molecule has 13 N–H and O–H groups in total. The molecule has 0 spiro atoms. The van der Waals surface area contributed by atoms with Gasteiger partial charge in [-0.15, -0.1) is 0 Å². The van der Waals surface area contributed by atoms with Gasteiger partial charge in [-0.2, -0.15) is 0 Å². The van der Waals surface area contributed by atoms with E-state index in [0.717, 1.165) is 55.1 Å². The number of aliphatic hydroxyl groups excluding tert-OH is 1. The third-order valence-corrected chi connectivity index (χ3v) is 25.2. The minimum atomic E-state index is -1.52. The van der Waals surface area contributed by atoms with E-state index in [9.17, 15) is 33.8 Å². The molecule has 2 fully saturated rings. The van der Waals surface area contributed by atoms with Gasteiger partial charge in [0, 0.05) is 124 Å². The number of para-hydroxylation sites is 1. The zero-order valence-corrected chi connectivity index (χ0v) is 70.0. The Morgan fingerprint density at radius 3 is 1.97 bits per heavy atom. The molecule has 22 nitrogen and oxygen atoms in total. The van der Waals surface area contributed by atoms with Crippen molar-refractivity contribution in [3.63, 3.8) is 0 Å². The van der Waals surface area contributed by atoms with Gasteiger partial charge in [-0.3, -0.25) is 48.1 Å². The first kappa shape index (κ1) is 90.4. The van der Waals surface area contributed by atoms with E-state index in [1.165, 1.54) is 41.3 Å². The Bertz CT molecular complexity index is 4660. The molecule has 2 aliphatic carbocycles. The Labute approximate surface area is 705 Å². The summed E-state index contributed by atoms with van der Waals surface area (Å²) in [6.07, 6.45) is 9.99. The van der Waals surface area contributed by atoms with E-state index < -0.39 is 114 Å². The van der Waals surface area contributed by atoms with Gasteiger partial charge in [0.05, 0.1) is 24.2 Å². The van der Waals surface area contributed by atoms with Gasteiger partial charge < -0.3 is 63.5 Å². The number of nitrogens with one attached hydrogen (secondary N) is 5. The lowest BCUT2D eigenvalue weighted by molar-refractivity contribution is -0.136. The van der Waals surface area contributed by atoms with E-state index in [0.29, 0.717) is 98.8 Å². The molecule has 6 aromatic carbocycles. The number of nitrogens with zero attached hydrogens (tertiary/aromatic N) is 3. The monoisotopic (exact) mass is 1640 g/mol. The summed E-state index contributed by atoms with van der Waals surface area (Å²) >= 11 is 0. The molecular weight excluding hydrogens is 1510 g/mol. The number of phenolic OH excluding ortho intramolecular Hbond substituents is 1. The number of unbranched alkanes of at least 4 members (excludes halogenated alkanes) is 2. The number of amides is 4. The first-order chi connectivity index (χ1) is 57.9. The number of carbonyl (C=O) groups excluding carboxylic acids is 9. The fourth-order valence-corrected chi connectivity index (χ4v) is 18.6. The van der Waals surface area contributed by atoms with Crippen LogP contribution in [0, 0.1) is 41.3 Å². The van der Waals surface area contributed by atoms with Gasteiger partial charge in [-0.05, 0) is 216 Å². The number of aliphatic imine (C=N–C) groups is 1. The highest BCUT2D eigenvalue weighted by atomic mass is 19.1. The van der Waals surface area contributed by atoms with Gasteiger partial charge in [0.2, 0.25) is 23.6 Å². The summed E-state index contributed by atoms with van der Waals surface area (Å²) in [5, 5.41) is 35.4. The highest BCUT2D eigenvalue weighted by Crippen LogP contribution is 2.49. The van der Waals surface area contributed by atoms with Crippen molar-refractivity contribution in [3.05, 3.63) is 214 Å². The first-order valence-corrected chi connectivity index (χ1v) is 43.6. The number of fused-ring (bicyclic) bond motifs is 3. The minimum absolute atomic E-state index is 0.00863.